The second-order valence-corrected chi connectivity index (χ2v) is 7.15. The van der Waals surface area contributed by atoms with Gasteiger partial charge in [0.25, 0.3) is 0 Å². The predicted octanol–water partition coefficient (Wildman–Crippen LogP) is 3.84. The van der Waals surface area contributed by atoms with E-state index < -0.39 is 18.0 Å². The molecule has 2 rings (SSSR count). The first-order chi connectivity index (χ1) is 15.4. The lowest BCUT2D eigenvalue weighted by Crippen LogP contribution is -2.21. The quantitative estimate of drug-likeness (QED) is 0.308. The number of aliphatic carboxylic acids is 1. The van der Waals surface area contributed by atoms with Gasteiger partial charge < -0.3 is 14.6 Å². The first-order valence-electron chi connectivity index (χ1n) is 9.92. The monoisotopic (exact) mass is 440 g/mol. The second kappa shape index (κ2) is 12.7. The van der Waals surface area contributed by atoms with Crippen LogP contribution in [0.25, 0.3) is 0 Å². The van der Waals surface area contributed by atoms with Gasteiger partial charge in [-0.25, -0.2) is 9.59 Å². The molecule has 0 radical (unpaired) electrons. The molecule has 0 spiro atoms. The SMILES string of the molecule is CC(COC(=O)CCC(=O)O)COC(=O)Nc1ccc(Cc2ccc(N=C=O)cc2)cc1. The molecule has 1 amide bonds. The molecule has 0 saturated carbocycles. The van der Waals surface area contributed by atoms with Crippen molar-refractivity contribution < 1.29 is 33.8 Å². The van der Waals surface area contributed by atoms with Crippen LogP contribution in [0.3, 0.4) is 0 Å². The lowest BCUT2D eigenvalue weighted by Gasteiger charge is -2.13. The summed E-state index contributed by atoms with van der Waals surface area (Å²) in [4.78, 5) is 47.6. The van der Waals surface area contributed by atoms with E-state index in [9.17, 15) is 19.2 Å². The zero-order chi connectivity index (χ0) is 23.3. The molecule has 0 aliphatic carbocycles. The van der Waals surface area contributed by atoms with E-state index in [1.165, 1.54) is 6.08 Å². The number of aliphatic imine (C=N–C) groups is 1. The Morgan fingerprint density at radius 3 is 2.16 bits per heavy atom. The highest BCUT2D eigenvalue weighted by atomic mass is 16.6. The third-order valence-corrected chi connectivity index (χ3v) is 4.29. The van der Waals surface area contributed by atoms with Crippen molar-refractivity contribution in [3.05, 3.63) is 59.7 Å². The van der Waals surface area contributed by atoms with Gasteiger partial charge in [0.2, 0.25) is 6.08 Å². The average Bonchev–Trinajstić information content (AvgIpc) is 2.77. The number of esters is 1. The van der Waals surface area contributed by atoms with Crippen LogP contribution < -0.4 is 5.32 Å². The van der Waals surface area contributed by atoms with Crippen molar-refractivity contribution in [1.29, 1.82) is 0 Å². The Labute approximate surface area is 185 Å². The number of benzene rings is 2. The fraction of sp³-hybridized carbons (Fsp3) is 0.304. The molecule has 0 aromatic heterocycles. The van der Waals surface area contributed by atoms with Gasteiger partial charge in [0.05, 0.1) is 31.7 Å². The molecule has 0 fully saturated rings. The van der Waals surface area contributed by atoms with E-state index >= 15 is 0 Å². The number of ether oxygens (including phenoxy) is 2. The standard InChI is InChI=1S/C23H24N2O7/c1-16(13-31-22(29)11-10-21(27)28)14-32-23(30)25-20-8-4-18(5-9-20)12-17-2-6-19(7-3-17)24-15-26/h2-9,16H,10-14H2,1H3,(H,25,30)(H,27,28). The highest BCUT2D eigenvalue weighted by Gasteiger charge is 2.12. The van der Waals surface area contributed by atoms with E-state index in [0.29, 0.717) is 17.8 Å². The molecule has 0 heterocycles. The third kappa shape index (κ3) is 9.23. The van der Waals surface area contributed by atoms with Crippen LogP contribution in [-0.2, 0) is 30.3 Å². The minimum atomic E-state index is -1.07. The summed E-state index contributed by atoms with van der Waals surface area (Å²) in [5.41, 5.74) is 3.20. The van der Waals surface area contributed by atoms with Gasteiger partial charge in [-0.05, 0) is 41.8 Å². The molecule has 0 aliphatic rings. The maximum absolute atomic E-state index is 12.0. The summed E-state index contributed by atoms with van der Waals surface area (Å²) in [6, 6.07) is 14.5. The van der Waals surface area contributed by atoms with Crippen LogP contribution in [0.4, 0.5) is 16.2 Å². The molecular weight excluding hydrogens is 416 g/mol. The molecule has 1 atom stereocenters. The topological polar surface area (TPSA) is 131 Å². The highest BCUT2D eigenvalue weighted by molar-refractivity contribution is 5.84. The molecule has 0 saturated heterocycles. The number of isocyanates is 1. The van der Waals surface area contributed by atoms with Crippen molar-refractivity contribution in [1.82, 2.24) is 0 Å². The van der Waals surface area contributed by atoms with Gasteiger partial charge in [-0.2, -0.15) is 4.99 Å². The fourth-order valence-electron chi connectivity index (χ4n) is 2.62. The molecule has 168 valence electrons. The molecule has 9 nitrogen and oxygen atoms in total. The largest absolute Gasteiger partial charge is 0.481 e. The summed E-state index contributed by atoms with van der Waals surface area (Å²) in [5, 5.41) is 11.2. The summed E-state index contributed by atoms with van der Waals surface area (Å²) in [5.74, 6) is -1.90. The Balaban J connectivity index is 1.72. The summed E-state index contributed by atoms with van der Waals surface area (Å²) in [7, 11) is 0. The number of carbonyl (C=O) groups is 3. The molecule has 2 N–H and O–H groups in total. The summed E-state index contributed by atoms with van der Waals surface area (Å²) in [6.45, 7) is 1.81. The van der Waals surface area contributed by atoms with E-state index in [4.69, 9.17) is 14.6 Å². The number of hydrogen-bond acceptors (Lipinski definition) is 7. The molecule has 9 heteroatoms. The maximum Gasteiger partial charge on any atom is 0.411 e. The number of carboxylic acids is 1. The molecule has 2 aromatic rings. The van der Waals surface area contributed by atoms with E-state index in [0.717, 1.165) is 11.1 Å². The van der Waals surface area contributed by atoms with Crippen LogP contribution in [0.15, 0.2) is 53.5 Å². The van der Waals surface area contributed by atoms with Crippen LogP contribution in [0.5, 0.6) is 0 Å². The van der Waals surface area contributed by atoms with Gasteiger partial charge in [0.1, 0.15) is 0 Å². The Kier molecular flexibility index (Phi) is 9.62. The summed E-state index contributed by atoms with van der Waals surface area (Å²) in [6.07, 6.45) is 1.07. The number of carboxylic acid groups (broad SMARTS) is 1. The maximum atomic E-state index is 12.0. The van der Waals surface area contributed by atoms with Crippen molar-refractivity contribution in [3.8, 4) is 0 Å². The van der Waals surface area contributed by atoms with Gasteiger partial charge in [-0.1, -0.05) is 31.2 Å². The van der Waals surface area contributed by atoms with Crippen LogP contribution in [-0.4, -0.2) is 42.4 Å². The Hall–Kier alpha value is -3.97. The first-order valence-corrected chi connectivity index (χ1v) is 9.92. The minimum Gasteiger partial charge on any atom is -0.481 e. The van der Waals surface area contributed by atoms with Gasteiger partial charge in [0, 0.05) is 11.6 Å². The minimum absolute atomic E-state index is 0.0307. The first kappa shape index (κ1) is 24.3. The number of hydrogen-bond donors (Lipinski definition) is 2. The molecule has 32 heavy (non-hydrogen) atoms. The molecule has 0 bridgehead atoms. The van der Waals surface area contributed by atoms with Crippen molar-refractivity contribution in [3.63, 3.8) is 0 Å². The number of carbonyl (C=O) groups excluding carboxylic acids is 3. The van der Waals surface area contributed by atoms with E-state index in [-0.39, 0.29) is 32.0 Å². The van der Waals surface area contributed by atoms with Gasteiger partial charge in [-0.15, -0.1) is 0 Å². The average molecular weight is 440 g/mol. The van der Waals surface area contributed by atoms with Gasteiger partial charge in [-0.3, -0.25) is 14.9 Å². The smallest absolute Gasteiger partial charge is 0.411 e. The predicted molar refractivity (Wildman–Crippen MR) is 115 cm³/mol. The summed E-state index contributed by atoms with van der Waals surface area (Å²) >= 11 is 0. The Morgan fingerprint density at radius 1 is 0.969 bits per heavy atom. The number of rotatable bonds is 11. The molecular formula is C23H24N2O7. The van der Waals surface area contributed by atoms with Crippen LogP contribution in [0.1, 0.15) is 30.9 Å². The van der Waals surface area contributed by atoms with Gasteiger partial charge >= 0.3 is 18.0 Å². The number of nitrogens with one attached hydrogen (secondary N) is 1. The second-order valence-electron chi connectivity index (χ2n) is 7.15. The number of anilines is 1. The molecule has 0 aliphatic heterocycles. The Bertz CT molecular complexity index is 965. The van der Waals surface area contributed by atoms with Crippen LogP contribution in [0.2, 0.25) is 0 Å². The van der Waals surface area contributed by atoms with Crippen molar-refractivity contribution >= 4 is 35.5 Å². The van der Waals surface area contributed by atoms with E-state index in [1.807, 2.05) is 24.3 Å². The number of nitrogens with zero attached hydrogens (tertiary/aromatic N) is 1. The van der Waals surface area contributed by atoms with Crippen molar-refractivity contribution in [2.24, 2.45) is 10.9 Å². The normalized spacial score (nSPS) is 11.0. The summed E-state index contributed by atoms with van der Waals surface area (Å²) < 4.78 is 10.1. The molecule has 2 aromatic carbocycles. The van der Waals surface area contributed by atoms with Crippen LogP contribution in [0, 0.1) is 5.92 Å². The van der Waals surface area contributed by atoms with Crippen molar-refractivity contribution in [2.45, 2.75) is 26.2 Å². The van der Waals surface area contributed by atoms with E-state index in [2.05, 4.69) is 10.3 Å². The zero-order valence-electron chi connectivity index (χ0n) is 17.6. The number of amides is 1. The van der Waals surface area contributed by atoms with Crippen molar-refractivity contribution in [2.75, 3.05) is 18.5 Å². The third-order valence-electron chi connectivity index (χ3n) is 4.29. The lowest BCUT2D eigenvalue weighted by atomic mass is 10.0. The van der Waals surface area contributed by atoms with E-state index in [1.54, 1.807) is 31.2 Å². The van der Waals surface area contributed by atoms with Crippen LogP contribution >= 0.6 is 0 Å². The highest BCUT2D eigenvalue weighted by Crippen LogP contribution is 2.17. The Morgan fingerprint density at radius 2 is 1.56 bits per heavy atom. The zero-order valence-corrected chi connectivity index (χ0v) is 17.6. The van der Waals surface area contributed by atoms with Gasteiger partial charge in [0.15, 0.2) is 0 Å². The fourth-order valence-corrected chi connectivity index (χ4v) is 2.62. The lowest BCUT2D eigenvalue weighted by molar-refractivity contribution is -0.148. The molecule has 1 unspecified atom stereocenters.